The maximum absolute atomic E-state index is 11.7. The Hall–Kier alpha value is -1.26. The maximum Gasteiger partial charge on any atom is 0.250 e. The lowest BCUT2D eigenvalue weighted by Crippen LogP contribution is -2.21. The van der Waals surface area contributed by atoms with Crippen molar-refractivity contribution >= 4 is 28.9 Å². The van der Waals surface area contributed by atoms with Crippen LogP contribution in [0.1, 0.15) is 25.7 Å². The average molecular weight is 283 g/mol. The van der Waals surface area contributed by atoms with Crippen LogP contribution in [0.3, 0.4) is 0 Å². The molecule has 1 aliphatic carbocycles. The predicted octanol–water partition coefficient (Wildman–Crippen LogP) is 3.07. The van der Waals surface area contributed by atoms with Gasteiger partial charge in [0.2, 0.25) is 5.91 Å². The molecule has 19 heavy (non-hydrogen) atoms. The number of benzene rings is 1. The molecule has 0 spiro atoms. The third-order valence-corrected chi connectivity index (χ3v) is 3.65. The van der Waals surface area contributed by atoms with Crippen molar-refractivity contribution in [3.63, 3.8) is 0 Å². The number of nitrogens with two attached hydrogens (primary N) is 1. The normalized spacial score (nSPS) is 15.0. The summed E-state index contributed by atoms with van der Waals surface area (Å²) in [6, 6.07) is 4.97. The van der Waals surface area contributed by atoms with Crippen LogP contribution in [0.15, 0.2) is 18.2 Å². The van der Waals surface area contributed by atoms with Crippen LogP contribution >= 0.6 is 11.6 Å². The van der Waals surface area contributed by atoms with E-state index in [2.05, 4.69) is 5.32 Å². The Morgan fingerprint density at radius 3 is 2.95 bits per heavy atom. The summed E-state index contributed by atoms with van der Waals surface area (Å²) < 4.78 is 5.36. The molecule has 0 unspecified atom stereocenters. The van der Waals surface area contributed by atoms with Gasteiger partial charge in [0.1, 0.15) is 6.61 Å². The van der Waals surface area contributed by atoms with Gasteiger partial charge in [0.25, 0.3) is 0 Å². The number of ether oxygens (including phenoxy) is 1. The van der Waals surface area contributed by atoms with E-state index in [-0.39, 0.29) is 12.5 Å². The highest BCUT2D eigenvalue weighted by Crippen LogP contribution is 2.29. The molecule has 0 bridgehead atoms. The molecule has 0 aromatic heterocycles. The Morgan fingerprint density at radius 1 is 1.47 bits per heavy atom. The maximum atomic E-state index is 11.7. The van der Waals surface area contributed by atoms with Gasteiger partial charge in [-0.25, -0.2) is 0 Å². The average Bonchev–Trinajstić information content (AvgIpc) is 2.31. The Bertz CT molecular complexity index is 447. The van der Waals surface area contributed by atoms with Gasteiger partial charge in [0.15, 0.2) is 0 Å². The van der Waals surface area contributed by atoms with Gasteiger partial charge >= 0.3 is 0 Å². The summed E-state index contributed by atoms with van der Waals surface area (Å²) in [5, 5.41) is 3.23. The predicted molar refractivity (Wildman–Crippen MR) is 77.3 cm³/mol. The summed E-state index contributed by atoms with van der Waals surface area (Å²) in [5.41, 5.74) is 6.76. The van der Waals surface area contributed by atoms with Crippen LogP contribution in [0, 0.1) is 5.92 Å². The summed E-state index contributed by atoms with van der Waals surface area (Å²) in [4.78, 5) is 11.7. The smallest absolute Gasteiger partial charge is 0.250 e. The van der Waals surface area contributed by atoms with E-state index in [1.807, 2.05) is 0 Å². The minimum Gasteiger partial charge on any atom is -0.397 e. The Labute approximate surface area is 118 Å². The quantitative estimate of drug-likeness (QED) is 0.622. The van der Waals surface area contributed by atoms with E-state index in [9.17, 15) is 4.79 Å². The minimum absolute atomic E-state index is 0.0542. The highest BCUT2D eigenvalue weighted by atomic mass is 35.5. The van der Waals surface area contributed by atoms with Gasteiger partial charge in [-0.2, -0.15) is 0 Å². The van der Waals surface area contributed by atoms with Crippen molar-refractivity contribution in [1.29, 1.82) is 0 Å². The van der Waals surface area contributed by atoms with Crippen LogP contribution in [0.5, 0.6) is 0 Å². The van der Waals surface area contributed by atoms with E-state index in [1.54, 1.807) is 18.2 Å². The first-order valence-electron chi connectivity index (χ1n) is 6.58. The first-order chi connectivity index (χ1) is 9.15. The van der Waals surface area contributed by atoms with Crippen LogP contribution < -0.4 is 11.1 Å². The Kier molecular flexibility index (Phi) is 5.05. The van der Waals surface area contributed by atoms with Crippen molar-refractivity contribution in [3.05, 3.63) is 23.2 Å². The molecular formula is C14H19ClN2O2. The Balaban J connectivity index is 1.69. The Morgan fingerprint density at radius 2 is 2.26 bits per heavy atom. The summed E-state index contributed by atoms with van der Waals surface area (Å²) in [6.07, 6.45) is 4.98. The molecular weight excluding hydrogens is 264 g/mol. The van der Waals surface area contributed by atoms with Crippen molar-refractivity contribution in [2.24, 2.45) is 5.92 Å². The molecule has 0 heterocycles. The van der Waals surface area contributed by atoms with Crippen LogP contribution in [0.25, 0.3) is 0 Å². The second kappa shape index (κ2) is 6.78. The number of amides is 1. The lowest BCUT2D eigenvalue weighted by atomic mass is 9.83. The van der Waals surface area contributed by atoms with Gasteiger partial charge in [-0.05, 0) is 30.5 Å². The lowest BCUT2D eigenvalue weighted by Gasteiger charge is -2.24. The van der Waals surface area contributed by atoms with E-state index in [1.165, 1.54) is 19.3 Å². The van der Waals surface area contributed by atoms with Crippen molar-refractivity contribution in [3.8, 4) is 0 Å². The molecule has 3 N–H and O–H groups in total. The zero-order valence-electron chi connectivity index (χ0n) is 10.8. The molecule has 2 rings (SSSR count). The van der Waals surface area contributed by atoms with Gasteiger partial charge in [-0.15, -0.1) is 0 Å². The van der Waals surface area contributed by atoms with Crippen LogP contribution in [0.4, 0.5) is 11.4 Å². The molecule has 5 heteroatoms. The number of carbonyl (C=O) groups excluding carboxylic acids is 1. The number of nitrogens with one attached hydrogen (secondary N) is 1. The van der Waals surface area contributed by atoms with E-state index in [4.69, 9.17) is 22.1 Å². The van der Waals surface area contributed by atoms with Crippen molar-refractivity contribution in [2.45, 2.75) is 25.7 Å². The van der Waals surface area contributed by atoms with Crippen molar-refractivity contribution in [2.75, 3.05) is 24.3 Å². The summed E-state index contributed by atoms with van der Waals surface area (Å²) in [6.45, 7) is 0.696. The number of carbonyl (C=O) groups is 1. The van der Waals surface area contributed by atoms with E-state index in [0.717, 1.165) is 12.3 Å². The van der Waals surface area contributed by atoms with Crippen molar-refractivity contribution in [1.82, 2.24) is 0 Å². The molecule has 1 aliphatic rings. The first kappa shape index (κ1) is 14.2. The minimum atomic E-state index is -0.206. The molecule has 1 saturated carbocycles. The highest BCUT2D eigenvalue weighted by molar-refractivity contribution is 6.31. The number of nitrogen functional groups attached to an aromatic ring is 1. The molecule has 4 nitrogen and oxygen atoms in total. The van der Waals surface area contributed by atoms with Gasteiger partial charge in [-0.1, -0.05) is 30.9 Å². The van der Waals surface area contributed by atoms with E-state index < -0.39 is 0 Å². The molecule has 0 aliphatic heterocycles. The SMILES string of the molecule is Nc1ccc(Cl)cc1NC(=O)COCCC1CCC1. The molecule has 1 amide bonds. The number of hydrogen-bond donors (Lipinski definition) is 2. The number of halogens is 1. The molecule has 0 radical (unpaired) electrons. The van der Waals surface area contributed by atoms with Crippen LogP contribution in [-0.2, 0) is 9.53 Å². The van der Waals surface area contributed by atoms with Gasteiger partial charge in [-0.3, -0.25) is 4.79 Å². The summed E-state index contributed by atoms with van der Waals surface area (Å²) in [7, 11) is 0. The largest absolute Gasteiger partial charge is 0.397 e. The fourth-order valence-electron chi connectivity index (χ4n) is 2.02. The highest BCUT2D eigenvalue weighted by Gasteiger charge is 2.16. The second-order valence-corrected chi connectivity index (χ2v) is 5.35. The zero-order chi connectivity index (χ0) is 13.7. The fourth-order valence-corrected chi connectivity index (χ4v) is 2.19. The van der Waals surface area contributed by atoms with E-state index in [0.29, 0.717) is 23.0 Å². The number of anilines is 2. The molecule has 1 fully saturated rings. The second-order valence-electron chi connectivity index (χ2n) is 4.92. The third-order valence-electron chi connectivity index (χ3n) is 3.42. The summed E-state index contributed by atoms with van der Waals surface area (Å²) >= 11 is 5.85. The van der Waals surface area contributed by atoms with Crippen molar-refractivity contribution < 1.29 is 9.53 Å². The van der Waals surface area contributed by atoms with Crippen LogP contribution in [0.2, 0.25) is 5.02 Å². The van der Waals surface area contributed by atoms with Crippen LogP contribution in [-0.4, -0.2) is 19.1 Å². The summed E-state index contributed by atoms with van der Waals surface area (Å²) in [5.74, 6) is 0.592. The van der Waals surface area contributed by atoms with Gasteiger partial charge < -0.3 is 15.8 Å². The molecule has 1 aromatic carbocycles. The third kappa shape index (κ3) is 4.40. The first-order valence-corrected chi connectivity index (χ1v) is 6.95. The standard InChI is InChI=1S/C14H19ClN2O2/c15-11-4-5-12(16)13(8-11)17-14(18)9-19-7-6-10-2-1-3-10/h4-5,8,10H,1-3,6-7,9,16H2,(H,17,18). The van der Waals surface area contributed by atoms with E-state index >= 15 is 0 Å². The van der Waals surface area contributed by atoms with Gasteiger partial charge in [0, 0.05) is 11.6 Å². The molecule has 0 saturated heterocycles. The molecule has 104 valence electrons. The fraction of sp³-hybridized carbons (Fsp3) is 0.500. The topological polar surface area (TPSA) is 64.3 Å². The monoisotopic (exact) mass is 282 g/mol. The molecule has 1 aromatic rings. The molecule has 0 atom stereocenters. The zero-order valence-corrected chi connectivity index (χ0v) is 11.6. The number of rotatable bonds is 6. The number of hydrogen-bond acceptors (Lipinski definition) is 3. The van der Waals surface area contributed by atoms with Gasteiger partial charge in [0.05, 0.1) is 11.4 Å². The lowest BCUT2D eigenvalue weighted by molar-refractivity contribution is -0.120.